The van der Waals surface area contributed by atoms with Crippen molar-refractivity contribution in [2.45, 2.75) is 44.2 Å². The van der Waals surface area contributed by atoms with Gasteiger partial charge in [0.05, 0.1) is 6.61 Å². The number of ketones is 1. The molecular formula is C11H20O6. The van der Waals surface area contributed by atoms with Gasteiger partial charge in [0.25, 0.3) is 0 Å². The molecule has 5 N–H and O–H groups in total. The van der Waals surface area contributed by atoms with Gasteiger partial charge in [0.2, 0.25) is 0 Å². The zero-order chi connectivity index (χ0) is 13.6. The molecule has 0 rings (SSSR count). The molecule has 0 saturated heterocycles. The van der Waals surface area contributed by atoms with E-state index in [0.717, 1.165) is 5.57 Å². The van der Waals surface area contributed by atoms with Crippen LogP contribution in [0, 0.1) is 0 Å². The molecule has 17 heavy (non-hydrogen) atoms. The Hall–Kier alpha value is -0.790. The second-order valence-corrected chi connectivity index (χ2v) is 4.10. The van der Waals surface area contributed by atoms with Crippen molar-refractivity contribution >= 4 is 5.78 Å². The van der Waals surface area contributed by atoms with Gasteiger partial charge in [-0.25, -0.2) is 0 Å². The Bertz CT molecular complexity index is 265. The monoisotopic (exact) mass is 248 g/mol. The van der Waals surface area contributed by atoms with E-state index in [9.17, 15) is 20.1 Å². The molecule has 0 aliphatic heterocycles. The third-order valence-corrected chi connectivity index (χ3v) is 2.37. The Balaban J connectivity index is 4.33. The van der Waals surface area contributed by atoms with Crippen molar-refractivity contribution in [2.24, 2.45) is 0 Å². The number of aliphatic hydroxyl groups is 5. The van der Waals surface area contributed by atoms with Gasteiger partial charge >= 0.3 is 0 Å². The number of Topliss-reactive ketones (excluding diaryl/α,β-unsaturated/α-hetero) is 1. The summed E-state index contributed by atoms with van der Waals surface area (Å²) < 4.78 is 0. The molecule has 0 aliphatic carbocycles. The fourth-order valence-electron chi connectivity index (χ4n) is 1.21. The van der Waals surface area contributed by atoms with Crippen molar-refractivity contribution in [3.63, 3.8) is 0 Å². The molecule has 0 amide bonds. The van der Waals surface area contributed by atoms with Crippen molar-refractivity contribution in [2.75, 3.05) is 6.61 Å². The molecule has 6 nitrogen and oxygen atoms in total. The summed E-state index contributed by atoms with van der Waals surface area (Å²) in [6, 6.07) is 0. The van der Waals surface area contributed by atoms with Crippen molar-refractivity contribution in [3.8, 4) is 0 Å². The standard InChI is InChI=1S/C11H20O6/c1-6(2)3-4-7(13)9(15)11(17)10(16)8(14)5-12/h7-8,10-14,16-17H,1,3-5H2,2H3/t7?,8-,10-,11-/m1/s1. The van der Waals surface area contributed by atoms with Gasteiger partial charge in [-0.1, -0.05) is 5.57 Å². The maximum Gasteiger partial charge on any atom is 0.192 e. The summed E-state index contributed by atoms with van der Waals surface area (Å²) in [5.74, 6) is -0.980. The highest BCUT2D eigenvalue weighted by atomic mass is 16.4. The highest BCUT2D eigenvalue weighted by Gasteiger charge is 2.33. The van der Waals surface area contributed by atoms with Crippen LogP contribution in [0.4, 0.5) is 0 Å². The minimum absolute atomic E-state index is 0.0904. The van der Waals surface area contributed by atoms with Gasteiger partial charge in [0, 0.05) is 0 Å². The van der Waals surface area contributed by atoms with Crippen LogP contribution in [-0.4, -0.2) is 62.3 Å². The van der Waals surface area contributed by atoms with E-state index >= 15 is 0 Å². The van der Waals surface area contributed by atoms with Crippen LogP contribution in [0.1, 0.15) is 19.8 Å². The van der Waals surface area contributed by atoms with Gasteiger partial charge in [-0.2, -0.15) is 0 Å². The highest BCUT2D eigenvalue weighted by molar-refractivity contribution is 5.87. The topological polar surface area (TPSA) is 118 Å². The number of aliphatic hydroxyl groups excluding tert-OH is 5. The summed E-state index contributed by atoms with van der Waals surface area (Å²) in [5, 5.41) is 45.7. The first-order chi connectivity index (χ1) is 7.81. The molecule has 0 aromatic rings. The second-order valence-electron chi connectivity index (χ2n) is 4.10. The maximum atomic E-state index is 11.4. The summed E-state index contributed by atoms with van der Waals surface area (Å²) in [5.41, 5.74) is 0.780. The fourth-order valence-corrected chi connectivity index (χ4v) is 1.21. The number of hydrogen-bond donors (Lipinski definition) is 5. The van der Waals surface area contributed by atoms with E-state index in [2.05, 4.69) is 6.58 Å². The largest absolute Gasteiger partial charge is 0.394 e. The number of carbonyl (C=O) groups excluding carboxylic acids is 1. The Morgan fingerprint density at radius 3 is 2.18 bits per heavy atom. The Kier molecular flexibility index (Phi) is 7.17. The molecule has 4 atom stereocenters. The third-order valence-electron chi connectivity index (χ3n) is 2.37. The molecule has 0 aliphatic rings. The molecule has 1 unspecified atom stereocenters. The Morgan fingerprint density at radius 1 is 1.24 bits per heavy atom. The molecule has 0 aromatic heterocycles. The molecule has 0 bridgehead atoms. The summed E-state index contributed by atoms with van der Waals surface area (Å²) in [6.07, 6.45) is -6.28. The van der Waals surface area contributed by atoms with E-state index in [-0.39, 0.29) is 6.42 Å². The first-order valence-corrected chi connectivity index (χ1v) is 5.32. The van der Waals surface area contributed by atoms with Crippen LogP contribution in [-0.2, 0) is 4.79 Å². The van der Waals surface area contributed by atoms with Crippen molar-refractivity contribution < 1.29 is 30.3 Å². The van der Waals surface area contributed by atoms with Gasteiger partial charge in [-0.15, -0.1) is 6.58 Å². The van der Waals surface area contributed by atoms with E-state index < -0.39 is 36.8 Å². The zero-order valence-electron chi connectivity index (χ0n) is 9.78. The molecule has 0 fully saturated rings. The van der Waals surface area contributed by atoms with E-state index in [1.165, 1.54) is 0 Å². The molecule has 0 radical (unpaired) electrons. The van der Waals surface area contributed by atoms with Crippen LogP contribution < -0.4 is 0 Å². The van der Waals surface area contributed by atoms with Crippen LogP contribution in [0.3, 0.4) is 0 Å². The van der Waals surface area contributed by atoms with Gasteiger partial charge in [-0.05, 0) is 19.8 Å². The minimum Gasteiger partial charge on any atom is -0.394 e. The zero-order valence-corrected chi connectivity index (χ0v) is 9.78. The predicted octanol–water partition coefficient (Wildman–Crippen LogP) is -1.65. The lowest BCUT2D eigenvalue weighted by Crippen LogP contribution is -2.47. The lowest BCUT2D eigenvalue weighted by atomic mass is 9.98. The average Bonchev–Trinajstić information content (AvgIpc) is 2.31. The predicted molar refractivity (Wildman–Crippen MR) is 60.2 cm³/mol. The van der Waals surface area contributed by atoms with Crippen LogP contribution in [0.2, 0.25) is 0 Å². The minimum atomic E-state index is -1.92. The lowest BCUT2D eigenvalue weighted by Gasteiger charge is -2.22. The van der Waals surface area contributed by atoms with E-state index in [4.69, 9.17) is 10.2 Å². The van der Waals surface area contributed by atoms with Crippen LogP contribution >= 0.6 is 0 Å². The van der Waals surface area contributed by atoms with Crippen LogP contribution in [0.5, 0.6) is 0 Å². The van der Waals surface area contributed by atoms with E-state index in [0.29, 0.717) is 6.42 Å². The van der Waals surface area contributed by atoms with Gasteiger partial charge in [-0.3, -0.25) is 4.79 Å². The third kappa shape index (κ3) is 5.38. The summed E-state index contributed by atoms with van der Waals surface area (Å²) in [4.78, 5) is 11.4. The number of rotatable bonds is 8. The first-order valence-electron chi connectivity index (χ1n) is 5.32. The lowest BCUT2D eigenvalue weighted by molar-refractivity contribution is -0.148. The fraction of sp³-hybridized carbons (Fsp3) is 0.727. The molecule has 0 spiro atoms. The van der Waals surface area contributed by atoms with Gasteiger partial charge in [0.15, 0.2) is 5.78 Å². The molecule has 0 aromatic carbocycles. The number of carbonyl (C=O) groups is 1. The second kappa shape index (κ2) is 7.52. The van der Waals surface area contributed by atoms with E-state index in [1.54, 1.807) is 6.92 Å². The Morgan fingerprint density at radius 2 is 1.76 bits per heavy atom. The SMILES string of the molecule is C=C(C)CCC(O)C(=O)[C@@H](O)[C@H](O)[C@H](O)CO. The summed E-state index contributed by atoms with van der Waals surface area (Å²) in [6.45, 7) is 4.55. The number of hydrogen-bond acceptors (Lipinski definition) is 6. The number of allylic oxidation sites excluding steroid dienone is 1. The molecule has 100 valence electrons. The maximum absolute atomic E-state index is 11.4. The Labute approximate surface area is 99.8 Å². The molecule has 0 heterocycles. The molecule has 0 saturated carbocycles. The van der Waals surface area contributed by atoms with E-state index in [1.807, 2.05) is 0 Å². The van der Waals surface area contributed by atoms with Crippen LogP contribution in [0.25, 0.3) is 0 Å². The first kappa shape index (κ1) is 16.2. The normalized spacial score (nSPS) is 18.2. The quantitative estimate of drug-likeness (QED) is 0.328. The van der Waals surface area contributed by atoms with Crippen LogP contribution in [0.15, 0.2) is 12.2 Å². The molecular weight excluding hydrogens is 228 g/mol. The van der Waals surface area contributed by atoms with Gasteiger partial charge in [0.1, 0.15) is 24.4 Å². The summed E-state index contributed by atoms with van der Waals surface area (Å²) >= 11 is 0. The molecule has 6 heteroatoms. The summed E-state index contributed by atoms with van der Waals surface area (Å²) in [7, 11) is 0. The average molecular weight is 248 g/mol. The van der Waals surface area contributed by atoms with Gasteiger partial charge < -0.3 is 25.5 Å². The van der Waals surface area contributed by atoms with Crippen molar-refractivity contribution in [1.82, 2.24) is 0 Å². The highest BCUT2D eigenvalue weighted by Crippen LogP contribution is 2.10. The van der Waals surface area contributed by atoms with Crippen molar-refractivity contribution in [1.29, 1.82) is 0 Å². The van der Waals surface area contributed by atoms with Crippen molar-refractivity contribution in [3.05, 3.63) is 12.2 Å². The smallest absolute Gasteiger partial charge is 0.192 e.